The molecule has 0 aliphatic carbocycles. The van der Waals surface area contributed by atoms with Crippen LogP contribution in [0.2, 0.25) is 0 Å². The van der Waals surface area contributed by atoms with Crippen LogP contribution in [-0.4, -0.2) is 33.7 Å². The lowest BCUT2D eigenvalue weighted by Gasteiger charge is -2.03. The summed E-state index contributed by atoms with van der Waals surface area (Å²) in [5.41, 5.74) is 3.33. The van der Waals surface area contributed by atoms with Gasteiger partial charge in [-0.2, -0.15) is 5.10 Å². The zero-order chi connectivity index (χ0) is 17.4. The highest BCUT2D eigenvalue weighted by atomic mass is 16.4. The van der Waals surface area contributed by atoms with Crippen molar-refractivity contribution in [1.29, 1.82) is 0 Å². The SMILES string of the molecule is Cc1ccc(-c2cc(C(=O)NCCCCCCC(=O)O)[nH]n2)cc1. The van der Waals surface area contributed by atoms with Crippen molar-refractivity contribution < 1.29 is 14.7 Å². The van der Waals surface area contributed by atoms with Crippen molar-refractivity contribution in [2.24, 2.45) is 0 Å². The van der Waals surface area contributed by atoms with E-state index in [1.54, 1.807) is 6.07 Å². The number of carboxylic acids is 1. The highest BCUT2D eigenvalue weighted by Gasteiger charge is 2.10. The van der Waals surface area contributed by atoms with Gasteiger partial charge in [-0.25, -0.2) is 0 Å². The van der Waals surface area contributed by atoms with Gasteiger partial charge >= 0.3 is 5.97 Å². The summed E-state index contributed by atoms with van der Waals surface area (Å²) in [7, 11) is 0. The van der Waals surface area contributed by atoms with Gasteiger partial charge in [0.25, 0.3) is 5.91 Å². The molecule has 1 aromatic heterocycles. The van der Waals surface area contributed by atoms with Crippen molar-refractivity contribution >= 4 is 11.9 Å². The number of hydrogen-bond donors (Lipinski definition) is 3. The highest BCUT2D eigenvalue weighted by Crippen LogP contribution is 2.18. The maximum Gasteiger partial charge on any atom is 0.303 e. The number of aliphatic carboxylic acids is 1. The molecule has 24 heavy (non-hydrogen) atoms. The Labute approximate surface area is 141 Å². The Morgan fingerprint density at radius 2 is 1.83 bits per heavy atom. The fourth-order valence-electron chi connectivity index (χ4n) is 2.36. The first-order chi connectivity index (χ1) is 11.6. The molecule has 1 heterocycles. The number of aromatic nitrogens is 2. The van der Waals surface area contributed by atoms with Crippen LogP contribution in [0.15, 0.2) is 30.3 Å². The number of hydrogen-bond acceptors (Lipinski definition) is 3. The van der Waals surface area contributed by atoms with Crippen molar-refractivity contribution in [2.75, 3.05) is 6.54 Å². The first-order valence-corrected chi connectivity index (χ1v) is 8.18. The van der Waals surface area contributed by atoms with E-state index in [0.29, 0.717) is 18.7 Å². The van der Waals surface area contributed by atoms with Crippen molar-refractivity contribution in [1.82, 2.24) is 15.5 Å². The lowest BCUT2D eigenvalue weighted by atomic mass is 10.1. The monoisotopic (exact) mass is 329 g/mol. The van der Waals surface area contributed by atoms with Gasteiger partial charge in [-0.1, -0.05) is 42.7 Å². The molecule has 128 valence electrons. The summed E-state index contributed by atoms with van der Waals surface area (Å²) in [6.45, 7) is 2.60. The number of aryl methyl sites for hydroxylation is 1. The Kier molecular flexibility index (Phi) is 6.54. The third-order valence-electron chi connectivity index (χ3n) is 3.77. The maximum atomic E-state index is 12.1. The number of carbonyl (C=O) groups excluding carboxylic acids is 1. The predicted octanol–water partition coefficient (Wildman–Crippen LogP) is 3.15. The fourth-order valence-corrected chi connectivity index (χ4v) is 2.36. The number of aromatic amines is 1. The van der Waals surface area contributed by atoms with E-state index in [1.807, 2.05) is 31.2 Å². The zero-order valence-corrected chi connectivity index (χ0v) is 13.8. The van der Waals surface area contributed by atoms with Crippen LogP contribution in [0.1, 0.15) is 48.2 Å². The van der Waals surface area contributed by atoms with Crippen LogP contribution in [0.4, 0.5) is 0 Å². The molecule has 0 unspecified atom stereocenters. The van der Waals surface area contributed by atoms with Crippen molar-refractivity contribution in [2.45, 2.75) is 39.0 Å². The number of nitrogens with zero attached hydrogens (tertiary/aromatic N) is 1. The Bertz CT molecular complexity index is 677. The summed E-state index contributed by atoms with van der Waals surface area (Å²) in [4.78, 5) is 22.5. The largest absolute Gasteiger partial charge is 0.481 e. The molecule has 1 aromatic carbocycles. The van der Waals surface area contributed by atoms with E-state index in [9.17, 15) is 9.59 Å². The fraction of sp³-hybridized carbons (Fsp3) is 0.389. The summed E-state index contributed by atoms with van der Waals surface area (Å²) in [6.07, 6.45) is 3.51. The Morgan fingerprint density at radius 3 is 2.54 bits per heavy atom. The second kappa shape index (κ2) is 8.86. The number of unbranched alkanes of at least 4 members (excludes halogenated alkanes) is 3. The number of nitrogens with one attached hydrogen (secondary N) is 2. The average molecular weight is 329 g/mol. The summed E-state index contributed by atoms with van der Waals surface area (Å²) < 4.78 is 0. The summed E-state index contributed by atoms with van der Waals surface area (Å²) in [6, 6.07) is 9.71. The molecule has 6 heteroatoms. The molecule has 0 saturated carbocycles. The Morgan fingerprint density at radius 1 is 1.12 bits per heavy atom. The molecule has 0 saturated heterocycles. The smallest absolute Gasteiger partial charge is 0.303 e. The molecule has 0 atom stereocenters. The predicted molar refractivity (Wildman–Crippen MR) is 91.8 cm³/mol. The normalized spacial score (nSPS) is 10.5. The second-order valence-electron chi connectivity index (χ2n) is 5.85. The van der Waals surface area contributed by atoms with Gasteiger partial charge in [-0.3, -0.25) is 14.7 Å². The van der Waals surface area contributed by atoms with E-state index in [1.165, 1.54) is 5.56 Å². The third-order valence-corrected chi connectivity index (χ3v) is 3.77. The minimum Gasteiger partial charge on any atom is -0.481 e. The van der Waals surface area contributed by atoms with Crippen LogP contribution in [0, 0.1) is 6.92 Å². The first kappa shape index (κ1) is 17.7. The molecule has 2 aromatic rings. The molecule has 0 spiro atoms. The third kappa shape index (κ3) is 5.53. The molecular formula is C18H23N3O3. The maximum absolute atomic E-state index is 12.1. The summed E-state index contributed by atoms with van der Waals surface area (Å²) in [5.74, 6) is -0.932. The van der Waals surface area contributed by atoms with E-state index < -0.39 is 5.97 Å². The first-order valence-electron chi connectivity index (χ1n) is 8.18. The number of H-pyrrole nitrogens is 1. The van der Waals surface area contributed by atoms with Crippen molar-refractivity contribution in [3.63, 3.8) is 0 Å². The number of benzene rings is 1. The average Bonchev–Trinajstić information content (AvgIpc) is 3.04. The lowest BCUT2D eigenvalue weighted by molar-refractivity contribution is -0.137. The van der Waals surface area contributed by atoms with E-state index in [0.717, 1.165) is 30.5 Å². The zero-order valence-electron chi connectivity index (χ0n) is 13.8. The van der Waals surface area contributed by atoms with Crippen molar-refractivity contribution in [3.8, 4) is 11.3 Å². The molecule has 6 nitrogen and oxygen atoms in total. The highest BCUT2D eigenvalue weighted by molar-refractivity contribution is 5.93. The van der Waals surface area contributed by atoms with E-state index >= 15 is 0 Å². The van der Waals surface area contributed by atoms with Gasteiger partial charge in [-0.05, 0) is 25.8 Å². The number of carboxylic acid groups (broad SMARTS) is 1. The minimum absolute atomic E-state index is 0.175. The second-order valence-corrected chi connectivity index (χ2v) is 5.85. The molecule has 0 radical (unpaired) electrons. The molecule has 0 aliphatic rings. The Balaban J connectivity index is 1.73. The molecule has 0 fully saturated rings. The van der Waals surface area contributed by atoms with Gasteiger partial charge in [0, 0.05) is 18.5 Å². The van der Waals surface area contributed by atoms with Gasteiger partial charge in [-0.15, -0.1) is 0 Å². The molecule has 1 amide bonds. The Hall–Kier alpha value is -2.63. The lowest BCUT2D eigenvalue weighted by Crippen LogP contribution is -2.24. The summed E-state index contributed by atoms with van der Waals surface area (Å²) in [5, 5.41) is 18.3. The molecule has 2 rings (SSSR count). The van der Waals surface area contributed by atoms with Gasteiger partial charge in [0.05, 0.1) is 5.69 Å². The standard InChI is InChI=1S/C18H23N3O3/c1-13-7-9-14(10-8-13)15-12-16(21-20-15)18(24)19-11-5-3-2-4-6-17(22)23/h7-10,12H,2-6,11H2,1H3,(H,19,24)(H,20,21)(H,22,23). The number of carbonyl (C=O) groups is 2. The van der Waals surface area contributed by atoms with Crippen LogP contribution < -0.4 is 5.32 Å². The molecular weight excluding hydrogens is 306 g/mol. The van der Waals surface area contributed by atoms with Gasteiger partial charge < -0.3 is 10.4 Å². The van der Waals surface area contributed by atoms with Crippen LogP contribution in [0.25, 0.3) is 11.3 Å². The van der Waals surface area contributed by atoms with E-state index in [4.69, 9.17) is 5.11 Å². The van der Waals surface area contributed by atoms with Crippen LogP contribution in [-0.2, 0) is 4.79 Å². The quantitative estimate of drug-likeness (QED) is 0.616. The van der Waals surface area contributed by atoms with Crippen LogP contribution in [0.5, 0.6) is 0 Å². The van der Waals surface area contributed by atoms with E-state index in [-0.39, 0.29) is 12.3 Å². The topological polar surface area (TPSA) is 95.1 Å². The molecule has 0 bridgehead atoms. The van der Waals surface area contributed by atoms with Crippen LogP contribution >= 0.6 is 0 Å². The molecule has 3 N–H and O–H groups in total. The number of amides is 1. The van der Waals surface area contributed by atoms with Crippen LogP contribution in [0.3, 0.4) is 0 Å². The van der Waals surface area contributed by atoms with Gasteiger partial charge in [0.1, 0.15) is 5.69 Å². The van der Waals surface area contributed by atoms with E-state index in [2.05, 4.69) is 15.5 Å². The van der Waals surface area contributed by atoms with Gasteiger partial charge in [0.2, 0.25) is 0 Å². The summed E-state index contributed by atoms with van der Waals surface area (Å²) >= 11 is 0. The van der Waals surface area contributed by atoms with Crippen molar-refractivity contribution in [3.05, 3.63) is 41.6 Å². The van der Waals surface area contributed by atoms with Gasteiger partial charge in [0.15, 0.2) is 0 Å². The molecule has 0 aliphatic heterocycles. The number of rotatable bonds is 9. The minimum atomic E-state index is -0.757.